The zero-order chi connectivity index (χ0) is 13.2. The normalized spacial score (nSPS) is 35.0. The maximum Gasteiger partial charge on any atom is 0.225 e. The van der Waals surface area contributed by atoms with Crippen LogP contribution in [0.4, 0.5) is 0 Å². The van der Waals surface area contributed by atoms with Crippen LogP contribution in [0.25, 0.3) is 0 Å². The van der Waals surface area contributed by atoms with E-state index in [1.54, 1.807) is 0 Å². The second-order valence-corrected chi connectivity index (χ2v) is 6.98. The fraction of sp³-hybridized carbons (Fsp3) is 0.938. The van der Waals surface area contributed by atoms with Crippen molar-refractivity contribution in [1.29, 1.82) is 0 Å². The second-order valence-electron chi connectivity index (χ2n) is 6.98. The molecule has 20 heavy (non-hydrogen) atoms. The van der Waals surface area contributed by atoms with E-state index in [1.165, 1.54) is 38.5 Å². The van der Waals surface area contributed by atoms with Crippen molar-refractivity contribution in [3.63, 3.8) is 0 Å². The van der Waals surface area contributed by atoms with Crippen LogP contribution in [0.15, 0.2) is 0 Å². The summed E-state index contributed by atoms with van der Waals surface area (Å²) in [5.74, 6) is 2.56. The van der Waals surface area contributed by atoms with E-state index in [1.807, 2.05) is 0 Å². The zero-order valence-corrected chi connectivity index (χ0v) is 13.2. The summed E-state index contributed by atoms with van der Waals surface area (Å²) >= 11 is 0. The highest BCUT2D eigenvalue weighted by atomic mass is 35.5. The van der Waals surface area contributed by atoms with Gasteiger partial charge in [-0.2, -0.15) is 0 Å². The molecule has 0 aromatic rings. The highest BCUT2D eigenvalue weighted by molar-refractivity contribution is 5.85. The molecule has 3 nitrogen and oxygen atoms in total. The van der Waals surface area contributed by atoms with Crippen molar-refractivity contribution in [1.82, 2.24) is 4.90 Å². The number of likely N-dealkylation sites (tertiary alicyclic amines) is 1. The van der Waals surface area contributed by atoms with Crippen LogP contribution in [0.3, 0.4) is 0 Å². The van der Waals surface area contributed by atoms with E-state index < -0.39 is 0 Å². The van der Waals surface area contributed by atoms with Gasteiger partial charge in [-0.3, -0.25) is 4.79 Å². The van der Waals surface area contributed by atoms with Crippen molar-refractivity contribution in [2.24, 2.45) is 23.5 Å². The minimum atomic E-state index is 0. The summed E-state index contributed by atoms with van der Waals surface area (Å²) in [5.41, 5.74) is 5.92. The Balaban J connectivity index is 0.00000147. The van der Waals surface area contributed by atoms with Gasteiger partial charge in [-0.25, -0.2) is 0 Å². The molecule has 0 radical (unpaired) electrons. The minimum Gasteiger partial charge on any atom is -0.342 e. The molecule has 3 fully saturated rings. The molecule has 1 aliphatic heterocycles. The third-order valence-corrected chi connectivity index (χ3v) is 5.74. The van der Waals surface area contributed by atoms with E-state index in [-0.39, 0.29) is 12.4 Å². The van der Waals surface area contributed by atoms with Gasteiger partial charge in [0.2, 0.25) is 5.91 Å². The predicted molar refractivity (Wildman–Crippen MR) is 83.8 cm³/mol. The summed E-state index contributed by atoms with van der Waals surface area (Å²) in [6.07, 6.45) is 11.2. The number of carbonyl (C=O) groups is 1. The summed E-state index contributed by atoms with van der Waals surface area (Å²) in [7, 11) is 0. The average Bonchev–Trinajstić information content (AvgIpc) is 2.47. The minimum absolute atomic E-state index is 0. The summed E-state index contributed by atoms with van der Waals surface area (Å²) < 4.78 is 0. The lowest BCUT2D eigenvalue weighted by Gasteiger charge is -2.41. The first-order valence-corrected chi connectivity index (χ1v) is 8.28. The molecule has 3 rings (SSSR count). The van der Waals surface area contributed by atoms with Gasteiger partial charge in [0.25, 0.3) is 0 Å². The summed E-state index contributed by atoms with van der Waals surface area (Å²) in [5, 5.41) is 0. The Kier molecular flexibility index (Phi) is 5.74. The molecule has 3 atom stereocenters. The molecule has 2 N–H and O–H groups in total. The first-order chi connectivity index (χ1) is 9.24. The van der Waals surface area contributed by atoms with Gasteiger partial charge in [-0.15, -0.1) is 12.4 Å². The van der Waals surface area contributed by atoms with E-state index >= 15 is 0 Å². The van der Waals surface area contributed by atoms with Gasteiger partial charge >= 0.3 is 0 Å². The molecule has 2 aliphatic carbocycles. The Hall–Kier alpha value is -0.280. The topological polar surface area (TPSA) is 46.3 Å². The van der Waals surface area contributed by atoms with Crippen molar-refractivity contribution >= 4 is 18.3 Å². The molecule has 0 bridgehead atoms. The number of nitrogens with two attached hydrogens (primary N) is 1. The molecular weight excluding hydrogens is 272 g/mol. The third kappa shape index (κ3) is 3.48. The Labute approximate surface area is 129 Å². The number of piperidine rings is 1. The number of amides is 1. The quantitative estimate of drug-likeness (QED) is 0.809. The van der Waals surface area contributed by atoms with E-state index in [4.69, 9.17) is 5.73 Å². The Morgan fingerprint density at radius 1 is 0.900 bits per heavy atom. The zero-order valence-electron chi connectivity index (χ0n) is 12.4. The Morgan fingerprint density at radius 3 is 2.25 bits per heavy atom. The van der Waals surface area contributed by atoms with Crippen LogP contribution >= 0.6 is 12.4 Å². The average molecular weight is 301 g/mol. The van der Waals surface area contributed by atoms with Crippen LogP contribution in [0.1, 0.15) is 57.8 Å². The maximum absolute atomic E-state index is 12.6. The highest BCUT2D eigenvalue weighted by Gasteiger charge is 2.36. The first-order valence-electron chi connectivity index (χ1n) is 8.28. The SMILES string of the molecule is Cl.NC1CCN(C(=O)C2CCC3CCCCC3C2)CC1. The third-order valence-electron chi connectivity index (χ3n) is 5.74. The number of carbonyl (C=O) groups excluding carboxylic acids is 1. The molecule has 1 saturated heterocycles. The first kappa shape index (κ1) is 16.1. The molecule has 1 heterocycles. The predicted octanol–water partition coefficient (Wildman–Crippen LogP) is 2.96. The van der Waals surface area contributed by atoms with Crippen LogP contribution in [-0.2, 0) is 4.79 Å². The molecule has 0 aromatic heterocycles. The van der Waals surface area contributed by atoms with Gasteiger partial charge in [0.1, 0.15) is 0 Å². The van der Waals surface area contributed by atoms with Crippen LogP contribution in [0, 0.1) is 17.8 Å². The number of fused-ring (bicyclic) bond motifs is 1. The van der Waals surface area contributed by atoms with E-state index in [0.29, 0.717) is 17.9 Å². The van der Waals surface area contributed by atoms with E-state index in [2.05, 4.69) is 4.90 Å². The van der Waals surface area contributed by atoms with Crippen LogP contribution in [-0.4, -0.2) is 29.9 Å². The lowest BCUT2D eigenvalue weighted by Crippen LogP contribution is -2.46. The standard InChI is InChI=1S/C16H28N2O.ClH/c17-15-7-9-18(10-8-15)16(19)14-6-5-12-3-1-2-4-13(12)11-14;/h12-15H,1-11,17H2;1H. The van der Waals surface area contributed by atoms with Crippen LogP contribution < -0.4 is 5.73 Å². The Bertz CT molecular complexity index is 328. The molecular formula is C16H29ClN2O. The summed E-state index contributed by atoms with van der Waals surface area (Å²) in [6.45, 7) is 1.79. The molecule has 0 spiro atoms. The highest BCUT2D eigenvalue weighted by Crippen LogP contribution is 2.43. The van der Waals surface area contributed by atoms with E-state index in [9.17, 15) is 4.79 Å². The van der Waals surface area contributed by atoms with Crippen molar-refractivity contribution in [3.05, 3.63) is 0 Å². The van der Waals surface area contributed by atoms with Crippen LogP contribution in [0.5, 0.6) is 0 Å². The van der Waals surface area contributed by atoms with Crippen molar-refractivity contribution < 1.29 is 4.79 Å². The summed E-state index contributed by atoms with van der Waals surface area (Å²) in [4.78, 5) is 14.7. The number of nitrogens with zero attached hydrogens (tertiary/aromatic N) is 1. The molecule has 0 aromatic carbocycles. The van der Waals surface area contributed by atoms with Gasteiger partial charge in [-0.1, -0.05) is 25.7 Å². The Morgan fingerprint density at radius 2 is 1.55 bits per heavy atom. The van der Waals surface area contributed by atoms with Crippen molar-refractivity contribution in [2.45, 2.75) is 63.8 Å². The molecule has 2 saturated carbocycles. The van der Waals surface area contributed by atoms with Crippen molar-refractivity contribution in [2.75, 3.05) is 13.1 Å². The molecule has 116 valence electrons. The lowest BCUT2D eigenvalue weighted by molar-refractivity contribution is -0.139. The van der Waals surface area contributed by atoms with Gasteiger partial charge in [0.05, 0.1) is 0 Å². The van der Waals surface area contributed by atoms with Crippen LogP contribution in [0.2, 0.25) is 0 Å². The van der Waals surface area contributed by atoms with E-state index in [0.717, 1.165) is 44.2 Å². The molecule has 3 aliphatic rings. The number of rotatable bonds is 1. The second kappa shape index (κ2) is 7.13. The summed E-state index contributed by atoms with van der Waals surface area (Å²) in [6, 6.07) is 0.318. The fourth-order valence-corrected chi connectivity index (χ4v) is 4.48. The van der Waals surface area contributed by atoms with Gasteiger partial charge in [0, 0.05) is 25.0 Å². The number of hydrogen-bond acceptors (Lipinski definition) is 2. The van der Waals surface area contributed by atoms with Gasteiger partial charge < -0.3 is 10.6 Å². The molecule has 3 unspecified atom stereocenters. The fourth-order valence-electron chi connectivity index (χ4n) is 4.48. The number of hydrogen-bond donors (Lipinski definition) is 1. The smallest absolute Gasteiger partial charge is 0.225 e. The lowest BCUT2D eigenvalue weighted by atomic mass is 9.67. The molecule has 4 heteroatoms. The number of halogens is 1. The van der Waals surface area contributed by atoms with Gasteiger partial charge in [-0.05, 0) is 43.9 Å². The van der Waals surface area contributed by atoms with Crippen molar-refractivity contribution in [3.8, 4) is 0 Å². The molecule has 1 amide bonds. The monoisotopic (exact) mass is 300 g/mol. The van der Waals surface area contributed by atoms with Gasteiger partial charge in [0.15, 0.2) is 0 Å². The maximum atomic E-state index is 12.6. The largest absolute Gasteiger partial charge is 0.342 e.